The molecular formula is C8H7BrN4O2. The van der Waals surface area contributed by atoms with Gasteiger partial charge in [0.05, 0.1) is 0 Å². The molecule has 0 radical (unpaired) electrons. The van der Waals surface area contributed by atoms with Gasteiger partial charge in [0.1, 0.15) is 10.2 Å². The lowest BCUT2D eigenvalue weighted by Gasteiger charge is -1.98. The van der Waals surface area contributed by atoms with Crippen molar-refractivity contribution in [3.63, 3.8) is 0 Å². The van der Waals surface area contributed by atoms with Gasteiger partial charge in [0.25, 0.3) is 5.56 Å². The first kappa shape index (κ1) is 9.91. The van der Waals surface area contributed by atoms with Gasteiger partial charge in [0, 0.05) is 13.2 Å². The minimum absolute atomic E-state index is 0.0159. The lowest BCUT2D eigenvalue weighted by molar-refractivity contribution is 0.448. The van der Waals surface area contributed by atoms with Crippen molar-refractivity contribution in [1.29, 1.82) is 0 Å². The van der Waals surface area contributed by atoms with E-state index in [2.05, 4.69) is 31.0 Å². The van der Waals surface area contributed by atoms with Crippen LogP contribution < -0.4 is 5.56 Å². The standard InChI is InChI=1S/C8H7BrN4O2/c1-13-3-2-4(12-13)6-10-7(14)5(9)8(15)11-6/h2-3H,1H3,(H2,10,11,14,15). The Balaban J connectivity index is 2.60. The van der Waals surface area contributed by atoms with Gasteiger partial charge >= 0.3 is 0 Å². The second-order valence-electron chi connectivity index (χ2n) is 2.93. The van der Waals surface area contributed by atoms with Gasteiger partial charge in [-0.1, -0.05) is 0 Å². The fraction of sp³-hybridized carbons (Fsp3) is 0.125. The van der Waals surface area contributed by atoms with Gasteiger partial charge in [0.15, 0.2) is 5.82 Å². The van der Waals surface area contributed by atoms with E-state index in [1.54, 1.807) is 24.0 Å². The first-order valence-corrected chi connectivity index (χ1v) is 4.86. The number of nitrogens with one attached hydrogen (secondary N) is 1. The Morgan fingerprint density at radius 2 is 2.33 bits per heavy atom. The molecule has 2 heterocycles. The van der Waals surface area contributed by atoms with Crippen LogP contribution in [0.1, 0.15) is 0 Å². The Bertz CT molecular complexity index is 560. The van der Waals surface area contributed by atoms with Gasteiger partial charge in [-0.15, -0.1) is 0 Å². The first-order valence-electron chi connectivity index (χ1n) is 4.06. The molecule has 2 N–H and O–H groups in total. The van der Waals surface area contributed by atoms with E-state index in [0.717, 1.165) is 0 Å². The van der Waals surface area contributed by atoms with Crippen molar-refractivity contribution in [3.8, 4) is 17.4 Å². The highest BCUT2D eigenvalue weighted by molar-refractivity contribution is 9.10. The van der Waals surface area contributed by atoms with Crippen LogP contribution in [0.15, 0.2) is 21.5 Å². The molecular weight excluding hydrogens is 264 g/mol. The van der Waals surface area contributed by atoms with E-state index in [0.29, 0.717) is 5.69 Å². The topological polar surface area (TPSA) is 83.8 Å². The third-order valence-corrected chi connectivity index (χ3v) is 2.52. The molecule has 0 aromatic carbocycles. The number of aromatic amines is 1. The summed E-state index contributed by atoms with van der Waals surface area (Å²) >= 11 is 2.91. The molecule has 0 bridgehead atoms. The highest BCUT2D eigenvalue weighted by Crippen LogP contribution is 2.18. The third kappa shape index (κ3) is 1.78. The number of hydrogen-bond acceptors (Lipinski definition) is 4. The molecule has 0 saturated carbocycles. The maximum atomic E-state index is 11.3. The summed E-state index contributed by atoms with van der Waals surface area (Å²) in [5.41, 5.74) is 0.0561. The maximum absolute atomic E-state index is 11.3. The van der Waals surface area contributed by atoms with Crippen LogP contribution in [-0.2, 0) is 7.05 Å². The number of H-pyrrole nitrogens is 1. The van der Waals surface area contributed by atoms with Crippen LogP contribution in [0.3, 0.4) is 0 Å². The molecule has 0 aliphatic heterocycles. The van der Waals surface area contributed by atoms with Crippen LogP contribution in [-0.4, -0.2) is 24.9 Å². The summed E-state index contributed by atoms with van der Waals surface area (Å²) in [6, 6.07) is 1.69. The molecule has 15 heavy (non-hydrogen) atoms. The van der Waals surface area contributed by atoms with Crippen molar-refractivity contribution in [2.24, 2.45) is 7.05 Å². The van der Waals surface area contributed by atoms with Crippen molar-refractivity contribution in [2.75, 3.05) is 0 Å². The maximum Gasteiger partial charge on any atom is 0.269 e. The van der Waals surface area contributed by atoms with Gasteiger partial charge in [-0.25, -0.2) is 0 Å². The number of halogens is 1. The van der Waals surface area contributed by atoms with Gasteiger partial charge in [-0.05, 0) is 22.0 Å². The SMILES string of the molecule is Cn1ccc(-c2nc(O)c(Br)c(=O)[nH]2)n1. The zero-order valence-corrected chi connectivity index (χ0v) is 9.32. The molecule has 2 rings (SSSR count). The Morgan fingerprint density at radius 1 is 1.60 bits per heavy atom. The molecule has 0 atom stereocenters. The van der Waals surface area contributed by atoms with E-state index in [1.165, 1.54) is 0 Å². The molecule has 7 heteroatoms. The van der Waals surface area contributed by atoms with E-state index < -0.39 is 5.56 Å². The van der Waals surface area contributed by atoms with E-state index in [4.69, 9.17) is 0 Å². The molecule has 6 nitrogen and oxygen atoms in total. The average Bonchev–Trinajstić information content (AvgIpc) is 2.60. The molecule has 2 aromatic rings. The van der Waals surface area contributed by atoms with Crippen LogP contribution in [0.2, 0.25) is 0 Å². The van der Waals surface area contributed by atoms with Crippen molar-refractivity contribution < 1.29 is 5.11 Å². The summed E-state index contributed by atoms with van der Waals surface area (Å²) in [5.74, 6) is -0.110. The molecule has 78 valence electrons. The number of rotatable bonds is 1. The Morgan fingerprint density at radius 3 is 2.87 bits per heavy atom. The summed E-state index contributed by atoms with van der Waals surface area (Å²) in [5, 5.41) is 13.4. The van der Waals surface area contributed by atoms with Gasteiger partial charge in [-0.3, -0.25) is 9.48 Å². The monoisotopic (exact) mass is 270 g/mol. The van der Waals surface area contributed by atoms with Crippen LogP contribution in [0.4, 0.5) is 0 Å². The minimum atomic E-state index is -0.442. The number of hydrogen-bond donors (Lipinski definition) is 2. The Kier molecular flexibility index (Phi) is 2.31. The van der Waals surface area contributed by atoms with E-state index in [-0.39, 0.29) is 16.2 Å². The van der Waals surface area contributed by atoms with E-state index >= 15 is 0 Å². The lowest BCUT2D eigenvalue weighted by Crippen LogP contribution is -2.10. The predicted octanol–water partition coefficient (Wildman–Crippen LogP) is 0.638. The molecule has 0 saturated heterocycles. The smallest absolute Gasteiger partial charge is 0.269 e. The van der Waals surface area contributed by atoms with Crippen molar-refractivity contribution >= 4 is 15.9 Å². The van der Waals surface area contributed by atoms with Crippen LogP contribution in [0.5, 0.6) is 5.88 Å². The first-order chi connectivity index (χ1) is 7.08. The van der Waals surface area contributed by atoms with Gasteiger partial charge in [0.2, 0.25) is 5.88 Å². The van der Waals surface area contributed by atoms with E-state index in [9.17, 15) is 9.90 Å². The largest absolute Gasteiger partial charge is 0.492 e. The van der Waals surface area contributed by atoms with Gasteiger partial charge in [-0.2, -0.15) is 10.1 Å². The molecule has 0 spiro atoms. The van der Waals surface area contributed by atoms with Crippen molar-refractivity contribution in [2.45, 2.75) is 0 Å². The van der Waals surface area contributed by atoms with Crippen molar-refractivity contribution in [1.82, 2.24) is 19.7 Å². The number of aromatic hydroxyl groups is 1. The van der Waals surface area contributed by atoms with Crippen LogP contribution >= 0.6 is 15.9 Å². The highest BCUT2D eigenvalue weighted by Gasteiger charge is 2.10. The van der Waals surface area contributed by atoms with E-state index in [1.807, 2.05) is 0 Å². The predicted molar refractivity (Wildman–Crippen MR) is 56.4 cm³/mol. The Hall–Kier alpha value is -1.63. The lowest BCUT2D eigenvalue weighted by atomic mass is 10.4. The fourth-order valence-electron chi connectivity index (χ4n) is 1.11. The summed E-state index contributed by atoms with van der Waals surface area (Å²) in [4.78, 5) is 17.6. The molecule has 0 amide bonds. The number of aryl methyl sites for hydroxylation is 1. The summed E-state index contributed by atoms with van der Waals surface area (Å²) in [6.07, 6.45) is 1.72. The Labute approximate surface area is 92.7 Å². The number of nitrogens with zero attached hydrogens (tertiary/aromatic N) is 3. The molecule has 2 aromatic heterocycles. The van der Waals surface area contributed by atoms with Crippen molar-refractivity contribution in [3.05, 3.63) is 27.1 Å². The summed E-state index contributed by atoms with van der Waals surface area (Å²) in [7, 11) is 1.75. The highest BCUT2D eigenvalue weighted by atomic mass is 79.9. The molecule has 0 unspecified atom stereocenters. The zero-order valence-electron chi connectivity index (χ0n) is 7.73. The minimum Gasteiger partial charge on any atom is -0.492 e. The normalized spacial score (nSPS) is 10.5. The third-order valence-electron chi connectivity index (χ3n) is 1.80. The quantitative estimate of drug-likeness (QED) is 0.797. The summed E-state index contributed by atoms with van der Waals surface area (Å²) in [6.45, 7) is 0. The second kappa shape index (κ2) is 3.50. The average molecular weight is 271 g/mol. The summed E-state index contributed by atoms with van der Waals surface area (Å²) < 4.78 is 1.59. The van der Waals surface area contributed by atoms with Gasteiger partial charge < -0.3 is 10.1 Å². The molecule has 0 aliphatic rings. The molecule has 0 aliphatic carbocycles. The molecule has 0 fully saturated rings. The zero-order chi connectivity index (χ0) is 11.0. The van der Waals surface area contributed by atoms with Crippen LogP contribution in [0, 0.1) is 0 Å². The fourth-order valence-corrected chi connectivity index (χ4v) is 1.30. The van der Waals surface area contributed by atoms with Crippen LogP contribution in [0.25, 0.3) is 11.5 Å². The second-order valence-corrected chi connectivity index (χ2v) is 3.72. The number of aromatic nitrogens is 4.